The van der Waals surface area contributed by atoms with E-state index in [4.69, 9.17) is 9.47 Å². The van der Waals surface area contributed by atoms with E-state index in [1.807, 2.05) is 42.5 Å². The number of esters is 1. The van der Waals surface area contributed by atoms with E-state index >= 15 is 0 Å². The largest absolute Gasteiger partial charge is 0.492 e. The third-order valence-electron chi connectivity index (χ3n) is 8.02. The van der Waals surface area contributed by atoms with Crippen LogP contribution in [-0.4, -0.2) is 52.0 Å². The molecule has 0 aromatic heterocycles. The summed E-state index contributed by atoms with van der Waals surface area (Å²) in [6.45, 7) is 4.88. The van der Waals surface area contributed by atoms with E-state index in [0.717, 1.165) is 22.8 Å². The number of carbonyl (C=O) groups excluding carboxylic acids is 1. The maximum absolute atomic E-state index is 13.5. The standard InChI is InChI=1S/C33H37F2N3O5S2/c1-33(2,28-6-5-25(26(19-28)20-36)22-44-21-23-4-11-30(34)31(35)18-23)27-7-9-29(10-8-27)43-17-14-37-45(40,41)38-15-12-24(13-16-38)32(39)42-3/h4-11,18-19,24,37H,12-17,21-22H2,1-3H3. The van der Waals surface area contributed by atoms with Crippen LogP contribution < -0.4 is 9.46 Å². The Morgan fingerprint density at radius 1 is 1.02 bits per heavy atom. The lowest BCUT2D eigenvalue weighted by Crippen LogP contribution is -2.46. The number of hydrogen-bond acceptors (Lipinski definition) is 7. The Labute approximate surface area is 267 Å². The van der Waals surface area contributed by atoms with E-state index in [2.05, 4.69) is 24.6 Å². The van der Waals surface area contributed by atoms with Gasteiger partial charge in [-0.05, 0) is 65.4 Å². The summed E-state index contributed by atoms with van der Waals surface area (Å²) in [4.78, 5) is 11.7. The third-order valence-corrected chi connectivity index (χ3v) is 10.7. The van der Waals surface area contributed by atoms with E-state index in [-0.39, 0.29) is 38.1 Å². The van der Waals surface area contributed by atoms with Crippen LogP contribution in [-0.2, 0) is 36.7 Å². The van der Waals surface area contributed by atoms with Gasteiger partial charge in [0, 0.05) is 36.6 Å². The first-order valence-corrected chi connectivity index (χ1v) is 17.1. The van der Waals surface area contributed by atoms with Gasteiger partial charge in [-0.3, -0.25) is 4.79 Å². The van der Waals surface area contributed by atoms with Gasteiger partial charge >= 0.3 is 5.97 Å². The average Bonchev–Trinajstić information content (AvgIpc) is 3.04. The maximum Gasteiger partial charge on any atom is 0.308 e. The van der Waals surface area contributed by atoms with Crippen molar-refractivity contribution in [2.75, 3.05) is 33.4 Å². The molecule has 0 atom stereocenters. The zero-order valence-corrected chi connectivity index (χ0v) is 27.1. The summed E-state index contributed by atoms with van der Waals surface area (Å²) in [5, 5.41) is 9.84. The highest BCUT2D eigenvalue weighted by Crippen LogP contribution is 2.34. The smallest absolute Gasteiger partial charge is 0.308 e. The second kappa shape index (κ2) is 15.2. The van der Waals surface area contributed by atoms with Crippen molar-refractivity contribution in [1.29, 1.82) is 5.26 Å². The Morgan fingerprint density at radius 2 is 1.71 bits per heavy atom. The normalized spacial score (nSPS) is 14.6. The summed E-state index contributed by atoms with van der Waals surface area (Å²) < 4.78 is 66.4. The van der Waals surface area contributed by atoms with Gasteiger partial charge in [0.15, 0.2) is 11.6 Å². The van der Waals surface area contributed by atoms with Crippen LogP contribution in [0.4, 0.5) is 8.78 Å². The number of carbonyl (C=O) groups is 1. The second-order valence-corrected chi connectivity index (χ2v) is 14.1. The van der Waals surface area contributed by atoms with Crippen molar-refractivity contribution in [2.24, 2.45) is 5.92 Å². The van der Waals surface area contributed by atoms with Gasteiger partial charge in [0.25, 0.3) is 10.2 Å². The lowest BCUT2D eigenvalue weighted by molar-refractivity contribution is -0.146. The van der Waals surface area contributed by atoms with Crippen molar-refractivity contribution in [3.05, 3.63) is 100 Å². The van der Waals surface area contributed by atoms with Gasteiger partial charge in [0.2, 0.25) is 0 Å². The molecule has 3 aromatic carbocycles. The van der Waals surface area contributed by atoms with Crippen molar-refractivity contribution in [2.45, 2.75) is 43.6 Å². The Hall–Kier alpha value is -3.50. The third kappa shape index (κ3) is 8.82. The molecule has 0 aliphatic carbocycles. The molecule has 4 rings (SSSR count). The fraction of sp³-hybridized carbons (Fsp3) is 0.394. The average molecular weight is 658 g/mol. The molecule has 0 spiro atoms. The molecule has 240 valence electrons. The van der Waals surface area contributed by atoms with Crippen molar-refractivity contribution in [1.82, 2.24) is 9.03 Å². The molecule has 12 heteroatoms. The molecule has 1 N–H and O–H groups in total. The van der Waals surface area contributed by atoms with E-state index in [0.29, 0.717) is 41.2 Å². The van der Waals surface area contributed by atoms with Crippen LogP contribution in [0.15, 0.2) is 60.7 Å². The highest BCUT2D eigenvalue weighted by atomic mass is 32.2. The Kier molecular flexibility index (Phi) is 11.6. The minimum atomic E-state index is -3.68. The first kappa shape index (κ1) is 34.4. The predicted molar refractivity (Wildman–Crippen MR) is 170 cm³/mol. The fourth-order valence-electron chi connectivity index (χ4n) is 5.17. The Morgan fingerprint density at radius 3 is 2.36 bits per heavy atom. The van der Waals surface area contributed by atoms with Gasteiger partial charge in [0.1, 0.15) is 12.4 Å². The van der Waals surface area contributed by atoms with Crippen molar-refractivity contribution >= 4 is 27.9 Å². The van der Waals surface area contributed by atoms with Gasteiger partial charge in [0.05, 0.1) is 24.7 Å². The van der Waals surface area contributed by atoms with Crippen molar-refractivity contribution in [3.63, 3.8) is 0 Å². The number of piperidine rings is 1. The molecule has 8 nitrogen and oxygen atoms in total. The van der Waals surface area contributed by atoms with E-state index in [1.54, 1.807) is 6.07 Å². The Balaban J connectivity index is 1.28. The molecular weight excluding hydrogens is 621 g/mol. The zero-order valence-electron chi connectivity index (χ0n) is 25.5. The van der Waals surface area contributed by atoms with Crippen LogP contribution in [0.3, 0.4) is 0 Å². The maximum atomic E-state index is 13.5. The van der Waals surface area contributed by atoms with E-state index in [9.17, 15) is 27.3 Å². The molecule has 0 amide bonds. The summed E-state index contributed by atoms with van der Waals surface area (Å²) in [6.07, 6.45) is 0.853. The molecular formula is C33H37F2N3O5S2. The fourth-order valence-corrected chi connectivity index (χ4v) is 7.37. The molecule has 0 radical (unpaired) electrons. The minimum absolute atomic E-state index is 0.0921. The first-order valence-electron chi connectivity index (χ1n) is 14.6. The van der Waals surface area contributed by atoms with Gasteiger partial charge < -0.3 is 9.47 Å². The quantitative estimate of drug-likeness (QED) is 0.186. The predicted octanol–water partition coefficient (Wildman–Crippen LogP) is 5.69. The lowest BCUT2D eigenvalue weighted by atomic mass is 9.77. The van der Waals surface area contributed by atoms with Crippen LogP contribution in [0.25, 0.3) is 0 Å². The second-order valence-electron chi connectivity index (χ2n) is 11.3. The highest BCUT2D eigenvalue weighted by Gasteiger charge is 2.31. The molecule has 45 heavy (non-hydrogen) atoms. The molecule has 1 heterocycles. The number of nitrogens with zero attached hydrogens (tertiary/aromatic N) is 2. The van der Waals surface area contributed by atoms with Crippen LogP contribution in [0.1, 0.15) is 54.5 Å². The van der Waals surface area contributed by atoms with E-state index in [1.165, 1.54) is 29.2 Å². The molecule has 1 aliphatic heterocycles. The molecule has 3 aromatic rings. The van der Waals surface area contributed by atoms with Crippen LogP contribution in [0.5, 0.6) is 5.75 Å². The SMILES string of the molecule is COC(=O)C1CCN(S(=O)(=O)NCCOc2ccc(C(C)(C)c3ccc(CSCc4ccc(F)c(F)c4)c(C#N)c3)cc2)CC1. The summed E-state index contributed by atoms with van der Waals surface area (Å²) >= 11 is 1.52. The number of hydrogen-bond donors (Lipinski definition) is 1. The topological polar surface area (TPSA) is 109 Å². The van der Waals surface area contributed by atoms with Crippen LogP contribution in [0, 0.1) is 28.9 Å². The monoisotopic (exact) mass is 657 g/mol. The summed E-state index contributed by atoms with van der Waals surface area (Å²) in [5.41, 5.74) is 3.67. The molecule has 1 saturated heterocycles. The molecule has 1 fully saturated rings. The van der Waals surface area contributed by atoms with E-state index < -0.39 is 27.3 Å². The number of rotatable bonds is 13. The number of benzene rings is 3. The number of ether oxygens (including phenoxy) is 2. The van der Waals surface area contributed by atoms with Crippen LogP contribution in [0.2, 0.25) is 0 Å². The number of nitrogens with one attached hydrogen (secondary N) is 1. The van der Waals surface area contributed by atoms with Gasteiger partial charge in [-0.2, -0.15) is 34.5 Å². The zero-order chi connectivity index (χ0) is 32.6. The Bertz CT molecular complexity index is 1630. The van der Waals surface area contributed by atoms with Crippen molar-refractivity contribution < 1.29 is 31.5 Å². The molecule has 1 aliphatic rings. The summed E-state index contributed by atoms with van der Waals surface area (Å²) in [5.74, 6) is -0.679. The van der Waals surface area contributed by atoms with Crippen LogP contribution >= 0.6 is 11.8 Å². The van der Waals surface area contributed by atoms with Gasteiger partial charge in [-0.1, -0.05) is 44.2 Å². The number of methoxy groups -OCH3 is 1. The highest BCUT2D eigenvalue weighted by molar-refractivity contribution is 7.97. The molecule has 0 bridgehead atoms. The lowest BCUT2D eigenvalue weighted by Gasteiger charge is -2.29. The van der Waals surface area contributed by atoms with Gasteiger partial charge in [-0.25, -0.2) is 8.78 Å². The minimum Gasteiger partial charge on any atom is -0.492 e. The molecule has 0 unspecified atom stereocenters. The number of nitriles is 1. The molecule has 0 saturated carbocycles. The van der Waals surface area contributed by atoms with Crippen molar-refractivity contribution in [3.8, 4) is 11.8 Å². The first-order chi connectivity index (χ1) is 21.4. The van der Waals surface area contributed by atoms with Gasteiger partial charge in [-0.15, -0.1) is 0 Å². The number of thioether (sulfide) groups is 1. The number of halogens is 2. The summed E-state index contributed by atoms with van der Waals surface area (Å²) in [7, 11) is -2.35. The summed E-state index contributed by atoms with van der Waals surface area (Å²) in [6, 6.07) is 19.5.